The summed E-state index contributed by atoms with van der Waals surface area (Å²) in [6, 6.07) is 5.06. The van der Waals surface area contributed by atoms with Crippen LogP contribution in [0.1, 0.15) is 12.8 Å². The number of nitrogens with zero attached hydrogens (tertiary/aromatic N) is 2. The Morgan fingerprint density at radius 3 is 3.00 bits per heavy atom. The SMILES string of the molecule is CNC(=O)CCCn1cnc2ccc(N)cc2c1=O. The van der Waals surface area contributed by atoms with Gasteiger partial charge in [0.2, 0.25) is 5.91 Å². The predicted molar refractivity (Wildman–Crippen MR) is 73.7 cm³/mol. The summed E-state index contributed by atoms with van der Waals surface area (Å²) >= 11 is 0. The molecule has 0 radical (unpaired) electrons. The van der Waals surface area contributed by atoms with E-state index in [2.05, 4.69) is 10.3 Å². The number of anilines is 1. The monoisotopic (exact) mass is 260 g/mol. The number of benzene rings is 1. The van der Waals surface area contributed by atoms with Crippen LogP contribution in [0, 0.1) is 0 Å². The second-order valence-corrected chi connectivity index (χ2v) is 4.30. The highest BCUT2D eigenvalue weighted by atomic mass is 16.1. The van der Waals surface area contributed by atoms with Crippen molar-refractivity contribution in [2.24, 2.45) is 0 Å². The summed E-state index contributed by atoms with van der Waals surface area (Å²) in [5, 5.41) is 3.05. The third-order valence-electron chi connectivity index (χ3n) is 2.93. The fourth-order valence-corrected chi connectivity index (χ4v) is 1.87. The van der Waals surface area contributed by atoms with Crippen molar-refractivity contribution >= 4 is 22.5 Å². The van der Waals surface area contributed by atoms with Gasteiger partial charge in [0.15, 0.2) is 0 Å². The van der Waals surface area contributed by atoms with Gasteiger partial charge in [0, 0.05) is 25.7 Å². The third-order valence-corrected chi connectivity index (χ3v) is 2.93. The standard InChI is InChI=1S/C13H16N4O2/c1-15-12(18)3-2-6-17-8-16-11-5-4-9(14)7-10(11)13(17)19/h4-5,7-8H,2-3,6,14H2,1H3,(H,15,18). The number of fused-ring (bicyclic) bond motifs is 1. The van der Waals surface area contributed by atoms with Crippen molar-refractivity contribution in [2.45, 2.75) is 19.4 Å². The van der Waals surface area contributed by atoms with Gasteiger partial charge in [-0.25, -0.2) is 4.98 Å². The van der Waals surface area contributed by atoms with Crippen LogP contribution in [0.3, 0.4) is 0 Å². The Labute approximate surface area is 110 Å². The Morgan fingerprint density at radius 2 is 2.26 bits per heavy atom. The molecule has 19 heavy (non-hydrogen) atoms. The van der Waals surface area contributed by atoms with Crippen LogP contribution < -0.4 is 16.6 Å². The Bertz CT molecular complexity index is 663. The lowest BCUT2D eigenvalue weighted by atomic mass is 10.2. The zero-order chi connectivity index (χ0) is 13.8. The van der Waals surface area contributed by atoms with Gasteiger partial charge in [0.05, 0.1) is 17.2 Å². The predicted octanol–water partition coefficient (Wildman–Crippen LogP) is 0.505. The smallest absolute Gasteiger partial charge is 0.261 e. The highest BCUT2D eigenvalue weighted by Gasteiger charge is 2.05. The number of aryl methyl sites for hydroxylation is 1. The zero-order valence-electron chi connectivity index (χ0n) is 10.7. The first-order valence-corrected chi connectivity index (χ1v) is 6.07. The lowest BCUT2D eigenvalue weighted by Gasteiger charge is -2.06. The second-order valence-electron chi connectivity index (χ2n) is 4.30. The van der Waals surface area contributed by atoms with Crippen molar-refractivity contribution in [3.63, 3.8) is 0 Å². The molecule has 0 fully saturated rings. The van der Waals surface area contributed by atoms with Crippen LogP contribution in [0.4, 0.5) is 5.69 Å². The van der Waals surface area contributed by atoms with Gasteiger partial charge in [-0.2, -0.15) is 0 Å². The number of nitrogen functional groups attached to an aromatic ring is 1. The average molecular weight is 260 g/mol. The molecule has 6 nitrogen and oxygen atoms in total. The van der Waals surface area contributed by atoms with Gasteiger partial charge < -0.3 is 11.1 Å². The van der Waals surface area contributed by atoms with Crippen molar-refractivity contribution in [1.29, 1.82) is 0 Å². The molecule has 0 aliphatic carbocycles. The molecule has 0 spiro atoms. The van der Waals surface area contributed by atoms with E-state index in [0.717, 1.165) is 0 Å². The molecule has 0 aliphatic heterocycles. The summed E-state index contributed by atoms with van der Waals surface area (Å²) in [6.45, 7) is 0.462. The number of hydrogen-bond acceptors (Lipinski definition) is 4. The number of nitrogens with two attached hydrogens (primary N) is 1. The van der Waals surface area contributed by atoms with Gasteiger partial charge in [-0.3, -0.25) is 14.2 Å². The first-order chi connectivity index (χ1) is 9.11. The van der Waals surface area contributed by atoms with Crippen LogP contribution in [0.25, 0.3) is 10.9 Å². The van der Waals surface area contributed by atoms with Gasteiger partial charge in [-0.15, -0.1) is 0 Å². The maximum atomic E-state index is 12.2. The fraction of sp³-hybridized carbons (Fsp3) is 0.308. The number of hydrogen-bond donors (Lipinski definition) is 2. The number of rotatable bonds is 4. The number of amides is 1. The number of carbonyl (C=O) groups excluding carboxylic acids is 1. The fourth-order valence-electron chi connectivity index (χ4n) is 1.87. The third kappa shape index (κ3) is 2.90. The van der Waals surface area contributed by atoms with Crippen LogP contribution >= 0.6 is 0 Å². The largest absolute Gasteiger partial charge is 0.399 e. The second kappa shape index (κ2) is 5.51. The quantitative estimate of drug-likeness (QED) is 0.783. The molecular formula is C13H16N4O2. The van der Waals surface area contributed by atoms with Crippen LogP contribution in [0.2, 0.25) is 0 Å². The molecule has 0 bridgehead atoms. The molecule has 2 aromatic rings. The molecule has 2 rings (SSSR count). The average Bonchev–Trinajstić information content (AvgIpc) is 2.41. The Morgan fingerprint density at radius 1 is 1.47 bits per heavy atom. The summed E-state index contributed by atoms with van der Waals surface area (Å²) in [7, 11) is 1.59. The summed E-state index contributed by atoms with van der Waals surface area (Å²) < 4.78 is 1.50. The zero-order valence-corrected chi connectivity index (χ0v) is 10.7. The minimum atomic E-state index is -0.130. The van der Waals surface area contributed by atoms with Crippen LogP contribution in [-0.4, -0.2) is 22.5 Å². The first kappa shape index (κ1) is 13.1. The van der Waals surface area contributed by atoms with E-state index in [-0.39, 0.29) is 11.5 Å². The van der Waals surface area contributed by atoms with Crippen LogP contribution in [0.15, 0.2) is 29.3 Å². The molecule has 0 saturated carbocycles. The minimum absolute atomic E-state index is 0.0361. The summed E-state index contributed by atoms with van der Waals surface area (Å²) in [5.41, 5.74) is 6.70. The van der Waals surface area contributed by atoms with E-state index >= 15 is 0 Å². The highest BCUT2D eigenvalue weighted by molar-refractivity contribution is 5.80. The summed E-state index contributed by atoms with van der Waals surface area (Å²) in [4.78, 5) is 27.5. The van der Waals surface area contributed by atoms with E-state index in [0.29, 0.717) is 36.0 Å². The minimum Gasteiger partial charge on any atom is -0.399 e. The van der Waals surface area contributed by atoms with E-state index in [4.69, 9.17) is 5.73 Å². The van der Waals surface area contributed by atoms with Crippen molar-refractivity contribution in [1.82, 2.24) is 14.9 Å². The van der Waals surface area contributed by atoms with Gasteiger partial charge in [-0.1, -0.05) is 0 Å². The van der Waals surface area contributed by atoms with Gasteiger partial charge >= 0.3 is 0 Å². The number of nitrogens with one attached hydrogen (secondary N) is 1. The normalized spacial score (nSPS) is 10.6. The molecule has 1 heterocycles. The van der Waals surface area contributed by atoms with Crippen LogP contribution in [0.5, 0.6) is 0 Å². The van der Waals surface area contributed by atoms with Crippen LogP contribution in [-0.2, 0) is 11.3 Å². The molecule has 6 heteroatoms. The molecule has 1 amide bonds. The summed E-state index contributed by atoms with van der Waals surface area (Å²) in [5.74, 6) is -0.0361. The van der Waals surface area contributed by atoms with E-state index in [1.807, 2.05) is 0 Å². The Hall–Kier alpha value is -2.37. The lowest BCUT2D eigenvalue weighted by Crippen LogP contribution is -2.22. The number of carbonyl (C=O) groups is 1. The Kier molecular flexibility index (Phi) is 3.79. The molecule has 0 saturated heterocycles. The van der Waals surface area contributed by atoms with Crippen molar-refractivity contribution in [2.75, 3.05) is 12.8 Å². The molecule has 0 aliphatic rings. The molecule has 1 aromatic heterocycles. The summed E-state index contributed by atoms with van der Waals surface area (Å²) in [6.07, 6.45) is 2.48. The van der Waals surface area contributed by atoms with Crippen molar-refractivity contribution < 1.29 is 4.79 Å². The topological polar surface area (TPSA) is 90.0 Å². The molecule has 1 aromatic carbocycles. The Balaban J connectivity index is 2.22. The maximum Gasteiger partial charge on any atom is 0.261 e. The first-order valence-electron chi connectivity index (χ1n) is 6.07. The lowest BCUT2D eigenvalue weighted by molar-refractivity contribution is -0.120. The van der Waals surface area contributed by atoms with Gasteiger partial charge in [0.1, 0.15) is 0 Å². The molecule has 3 N–H and O–H groups in total. The highest BCUT2D eigenvalue weighted by Crippen LogP contribution is 2.11. The molecular weight excluding hydrogens is 244 g/mol. The van der Waals surface area contributed by atoms with E-state index in [9.17, 15) is 9.59 Å². The van der Waals surface area contributed by atoms with E-state index in [1.165, 1.54) is 10.9 Å². The molecule has 100 valence electrons. The maximum absolute atomic E-state index is 12.2. The van der Waals surface area contributed by atoms with Gasteiger partial charge in [0.25, 0.3) is 5.56 Å². The van der Waals surface area contributed by atoms with E-state index < -0.39 is 0 Å². The van der Waals surface area contributed by atoms with Gasteiger partial charge in [-0.05, 0) is 24.6 Å². The molecule has 0 atom stereocenters. The van der Waals surface area contributed by atoms with Crippen molar-refractivity contribution in [3.05, 3.63) is 34.9 Å². The van der Waals surface area contributed by atoms with Crippen molar-refractivity contribution in [3.8, 4) is 0 Å². The number of aromatic nitrogens is 2. The molecule has 0 unspecified atom stereocenters. The van der Waals surface area contributed by atoms with E-state index in [1.54, 1.807) is 25.2 Å².